The van der Waals surface area contributed by atoms with Crippen LogP contribution in [0, 0.1) is 11.8 Å². The van der Waals surface area contributed by atoms with Gasteiger partial charge in [-0.15, -0.1) is 0 Å². The predicted octanol–water partition coefficient (Wildman–Crippen LogP) is 5.93. The van der Waals surface area contributed by atoms with Gasteiger partial charge in [-0.2, -0.15) is 13.2 Å². The number of piperidine rings is 1. The Bertz CT molecular complexity index is 1180. The summed E-state index contributed by atoms with van der Waals surface area (Å²) in [5.74, 6) is -0.451. The molecule has 5 unspecified atom stereocenters. The van der Waals surface area contributed by atoms with Crippen molar-refractivity contribution < 1.29 is 32.0 Å². The third-order valence-electron chi connectivity index (χ3n) is 9.19. The molecule has 2 aromatic rings. The fourth-order valence-electron chi connectivity index (χ4n) is 7.12. The molecule has 0 amide bonds. The predicted molar refractivity (Wildman–Crippen MR) is 134 cm³/mol. The van der Waals surface area contributed by atoms with Crippen LogP contribution < -0.4 is 4.90 Å². The number of nitrogens with zero attached hydrogens (tertiary/aromatic N) is 4. The summed E-state index contributed by atoms with van der Waals surface area (Å²) in [6, 6.07) is 0.407. The van der Waals surface area contributed by atoms with Crippen LogP contribution >= 0.6 is 0 Å². The van der Waals surface area contributed by atoms with Crippen LogP contribution in [-0.4, -0.2) is 52.6 Å². The molecule has 0 N–H and O–H groups in total. The molecule has 212 valence electrons. The zero-order valence-electron chi connectivity index (χ0n) is 22.3. The number of esters is 1. The van der Waals surface area contributed by atoms with Gasteiger partial charge in [-0.05, 0) is 50.9 Å². The van der Waals surface area contributed by atoms with Gasteiger partial charge in [0, 0.05) is 29.5 Å². The highest BCUT2D eigenvalue weighted by Gasteiger charge is 2.49. The molecule has 39 heavy (non-hydrogen) atoms. The Morgan fingerprint density at radius 1 is 1.10 bits per heavy atom. The normalized spacial score (nSPS) is 30.9. The summed E-state index contributed by atoms with van der Waals surface area (Å²) in [4.78, 5) is 22.8. The number of fused-ring (bicyclic) bond motifs is 2. The molecular weight excluding hydrogens is 513 g/mol. The molecule has 2 aliphatic carbocycles. The van der Waals surface area contributed by atoms with Crippen LogP contribution in [0.2, 0.25) is 0 Å². The Morgan fingerprint density at radius 2 is 1.90 bits per heavy atom. The Morgan fingerprint density at radius 3 is 2.56 bits per heavy atom. The lowest BCUT2D eigenvalue weighted by molar-refractivity contribution is -0.187. The van der Waals surface area contributed by atoms with Gasteiger partial charge >= 0.3 is 12.1 Å². The van der Waals surface area contributed by atoms with E-state index < -0.39 is 24.0 Å². The maximum atomic E-state index is 13.9. The van der Waals surface area contributed by atoms with Crippen LogP contribution in [0.4, 0.5) is 19.0 Å². The topological polar surface area (TPSA) is 90.6 Å². The number of rotatable bonds is 7. The van der Waals surface area contributed by atoms with Crippen molar-refractivity contribution >= 4 is 11.8 Å². The third kappa shape index (κ3) is 5.14. The minimum absolute atomic E-state index is 0.0249. The number of alkyl halides is 3. The molecule has 2 bridgehead atoms. The molecule has 2 aliphatic heterocycles. The smallest absolute Gasteiger partial charge is 0.392 e. The summed E-state index contributed by atoms with van der Waals surface area (Å²) in [5.41, 5.74) is 1.39. The molecule has 8 nitrogen and oxygen atoms in total. The minimum Gasteiger partial charge on any atom is -0.464 e. The van der Waals surface area contributed by atoms with Gasteiger partial charge in [0.1, 0.15) is 11.6 Å². The average molecular weight is 549 g/mol. The summed E-state index contributed by atoms with van der Waals surface area (Å²) in [7, 11) is 1.31. The molecule has 4 fully saturated rings. The second kappa shape index (κ2) is 10.4. The van der Waals surface area contributed by atoms with Gasteiger partial charge in [-0.3, -0.25) is 0 Å². The van der Waals surface area contributed by atoms with Gasteiger partial charge in [-0.25, -0.2) is 14.8 Å². The highest BCUT2D eigenvalue weighted by molar-refractivity contribution is 5.86. The van der Waals surface area contributed by atoms with Crippen molar-refractivity contribution in [2.75, 3.05) is 12.0 Å². The van der Waals surface area contributed by atoms with Gasteiger partial charge in [0.2, 0.25) is 0 Å². The van der Waals surface area contributed by atoms with E-state index in [2.05, 4.69) is 26.9 Å². The molecule has 11 heteroatoms. The van der Waals surface area contributed by atoms with Gasteiger partial charge in [0.25, 0.3) is 0 Å². The van der Waals surface area contributed by atoms with Crippen LogP contribution in [0.15, 0.2) is 16.9 Å². The molecule has 0 radical (unpaired) electrons. The Kier molecular flexibility index (Phi) is 7.05. The van der Waals surface area contributed by atoms with Crippen LogP contribution in [0.3, 0.4) is 0 Å². The molecular formula is C28H35F3N4O4. The Balaban J connectivity index is 1.17. The first kappa shape index (κ1) is 26.5. The molecule has 2 aromatic heterocycles. The summed E-state index contributed by atoms with van der Waals surface area (Å²) >= 11 is 0. The van der Waals surface area contributed by atoms with Crippen molar-refractivity contribution in [3.63, 3.8) is 0 Å². The first-order valence-corrected chi connectivity index (χ1v) is 14.1. The number of halogens is 3. The van der Waals surface area contributed by atoms with Crippen molar-refractivity contribution in [2.45, 2.75) is 108 Å². The van der Waals surface area contributed by atoms with E-state index in [1.807, 2.05) is 0 Å². The molecule has 6 rings (SSSR count). The standard InChI is InChI=1S/C28H35F3N4O4/c1-15-9-17-10-18(11-23(15)35(17)24-13-32-22(12-33-24)27(36)37-2)38-14-20-25(34-39-26(20)16-7-8-16)19-5-3-4-6-21(19)28(29,30)31/h12-13,15-19,21,23H,3-11,14H2,1-2H3/t15-,17?,18?,19?,21?,23?/m1/s1. The van der Waals surface area contributed by atoms with E-state index >= 15 is 0 Å². The summed E-state index contributed by atoms with van der Waals surface area (Å²) in [6.07, 6.45) is 5.29. The van der Waals surface area contributed by atoms with E-state index in [0.29, 0.717) is 24.5 Å². The van der Waals surface area contributed by atoms with Gasteiger partial charge in [-0.1, -0.05) is 24.9 Å². The highest BCUT2D eigenvalue weighted by Crippen LogP contribution is 2.50. The number of methoxy groups -OCH3 is 1. The quantitative estimate of drug-likeness (QED) is 0.394. The largest absolute Gasteiger partial charge is 0.464 e. The van der Waals surface area contributed by atoms with E-state index in [4.69, 9.17) is 14.0 Å². The zero-order valence-corrected chi connectivity index (χ0v) is 22.3. The number of hydrogen-bond donors (Lipinski definition) is 0. The lowest BCUT2D eigenvalue weighted by Crippen LogP contribution is -2.47. The van der Waals surface area contributed by atoms with E-state index in [-0.39, 0.29) is 42.8 Å². The maximum Gasteiger partial charge on any atom is 0.392 e. The van der Waals surface area contributed by atoms with Crippen LogP contribution in [-0.2, 0) is 16.1 Å². The van der Waals surface area contributed by atoms with Crippen LogP contribution in [0.1, 0.15) is 104 Å². The fraction of sp³-hybridized carbons (Fsp3) is 0.714. The van der Waals surface area contributed by atoms with Crippen molar-refractivity contribution in [1.82, 2.24) is 15.1 Å². The van der Waals surface area contributed by atoms with E-state index in [9.17, 15) is 18.0 Å². The second-order valence-corrected chi connectivity index (χ2v) is 11.7. The van der Waals surface area contributed by atoms with Gasteiger partial charge in [0.15, 0.2) is 5.69 Å². The SMILES string of the molecule is COC(=O)c1cnc(N2C3CC(OCc4c(C5CCCCC5C(F)(F)F)noc4C4CC4)CC2[C@H](C)C3)cn1. The van der Waals surface area contributed by atoms with Gasteiger partial charge < -0.3 is 18.9 Å². The van der Waals surface area contributed by atoms with E-state index in [1.54, 1.807) is 6.20 Å². The number of aromatic nitrogens is 3. The molecule has 2 saturated carbocycles. The van der Waals surface area contributed by atoms with Gasteiger partial charge in [0.05, 0.1) is 43.8 Å². The molecule has 6 atom stereocenters. The molecule has 0 spiro atoms. The monoisotopic (exact) mass is 548 g/mol. The number of hydrogen-bond acceptors (Lipinski definition) is 8. The van der Waals surface area contributed by atoms with Crippen molar-refractivity contribution in [1.29, 1.82) is 0 Å². The Hall–Kier alpha value is -2.69. The molecule has 4 heterocycles. The van der Waals surface area contributed by atoms with Crippen molar-refractivity contribution in [2.24, 2.45) is 11.8 Å². The van der Waals surface area contributed by atoms with E-state index in [1.165, 1.54) is 13.3 Å². The molecule has 0 aromatic carbocycles. The summed E-state index contributed by atoms with van der Waals surface area (Å²) < 4.78 is 58.7. The minimum atomic E-state index is -4.25. The van der Waals surface area contributed by atoms with Crippen LogP contribution in [0.5, 0.6) is 0 Å². The highest BCUT2D eigenvalue weighted by atomic mass is 19.4. The fourth-order valence-corrected chi connectivity index (χ4v) is 7.12. The number of carbonyl (C=O) groups is 1. The third-order valence-corrected chi connectivity index (χ3v) is 9.19. The number of carbonyl (C=O) groups excluding carboxylic acids is 1. The zero-order chi connectivity index (χ0) is 27.3. The summed E-state index contributed by atoms with van der Waals surface area (Å²) in [6.45, 7) is 2.46. The average Bonchev–Trinajstić information content (AvgIpc) is 3.65. The van der Waals surface area contributed by atoms with Crippen molar-refractivity contribution in [3.05, 3.63) is 35.1 Å². The van der Waals surface area contributed by atoms with Crippen molar-refractivity contribution in [3.8, 4) is 0 Å². The first-order chi connectivity index (χ1) is 18.7. The maximum absolute atomic E-state index is 13.9. The second-order valence-electron chi connectivity index (χ2n) is 11.7. The molecule has 2 saturated heterocycles. The lowest BCUT2D eigenvalue weighted by Gasteiger charge is -2.40. The number of anilines is 1. The van der Waals surface area contributed by atoms with E-state index in [0.717, 1.165) is 55.7 Å². The number of ether oxygens (including phenoxy) is 2. The van der Waals surface area contributed by atoms with Crippen LogP contribution in [0.25, 0.3) is 0 Å². The Labute approximate surface area is 225 Å². The first-order valence-electron chi connectivity index (χ1n) is 14.1. The lowest BCUT2D eigenvalue weighted by atomic mass is 9.76. The summed E-state index contributed by atoms with van der Waals surface area (Å²) in [5, 5.41) is 4.25. The molecule has 4 aliphatic rings.